The van der Waals surface area contributed by atoms with Gasteiger partial charge in [-0.2, -0.15) is 18.3 Å². The van der Waals surface area contributed by atoms with Crippen LogP contribution in [0.1, 0.15) is 54.0 Å². The predicted octanol–water partition coefficient (Wildman–Crippen LogP) is 5.37. The first-order valence-corrected chi connectivity index (χ1v) is 12.3. The van der Waals surface area contributed by atoms with E-state index in [0.717, 1.165) is 52.5 Å². The van der Waals surface area contributed by atoms with Crippen LogP contribution >= 0.6 is 0 Å². The average Bonchev–Trinajstić information content (AvgIpc) is 3.50. The summed E-state index contributed by atoms with van der Waals surface area (Å²) in [5.41, 5.74) is 4.59. The van der Waals surface area contributed by atoms with Crippen molar-refractivity contribution < 1.29 is 13.2 Å². The summed E-state index contributed by atoms with van der Waals surface area (Å²) >= 11 is 0. The van der Waals surface area contributed by atoms with Crippen LogP contribution in [-0.4, -0.2) is 39.7 Å². The van der Waals surface area contributed by atoms with E-state index in [1.54, 1.807) is 36.9 Å². The monoisotopic (exact) mass is 519 g/mol. The summed E-state index contributed by atoms with van der Waals surface area (Å²) < 4.78 is 41.2. The molecule has 4 aromatic heterocycles. The number of nitrogens with one attached hydrogen (secondary N) is 2. The molecule has 0 atom stereocenters. The highest BCUT2D eigenvalue weighted by atomic mass is 19.4. The molecule has 0 radical (unpaired) electrons. The number of aromatic nitrogens is 8. The van der Waals surface area contributed by atoms with E-state index in [9.17, 15) is 13.2 Å². The van der Waals surface area contributed by atoms with Crippen LogP contribution in [0.25, 0.3) is 28.2 Å². The second kappa shape index (κ2) is 9.19. The molecule has 38 heavy (non-hydrogen) atoms. The van der Waals surface area contributed by atoms with E-state index in [1.165, 1.54) is 6.92 Å². The van der Waals surface area contributed by atoms with E-state index in [-0.39, 0.29) is 0 Å². The minimum absolute atomic E-state index is 0.297. The molecule has 0 saturated heterocycles. The molecule has 0 bridgehead atoms. The Morgan fingerprint density at radius 2 is 1.87 bits per heavy atom. The maximum absolute atomic E-state index is 13.4. The zero-order chi connectivity index (χ0) is 26.4. The fourth-order valence-electron chi connectivity index (χ4n) is 4.53. The van der Waals surface area contributed by atoms with Crippen molar-refractivity contribution in [2.45, 2.75) is 51.7 Å². The zero-order valence-corrected chi connectivity index (χ0v) is 20.7. The predicted molar refractivity (Wildman–Crippen MR) is 135 cm³/mol. The number of aromatic amines is 1. The molecule has 12 heteroatoms. The number of halogens is 3. The van der Waals surface area contributed by atoms with Gasteiger partial charge in [-0.3, -0.25) is 0 Å². The Kier molecular flexibility index (Phi) is 5.81. The van der Waals surface area contributed by atoms with E-state index < -0.39 is 11.9 Å². The molecule has 2 N–H and O–H groups in total. The summed E-state index contributed by atoms with van der Waals surface area (Å²) in [6.45, 7) is 3.96. The number of hydrogen-bond donors (Lipinski definition) is 2. The first kappa shape index (κ1) is 24.0. The number of fused-ring (bicyclic) bond motifs is 1. The number of H-pyrrole nitrogens is 1. The lowest BCUT2D eigenvalue weighted by Crippen LogP contribution is -2.13. The van der Waals surface area contributed by atoms with Crippen molar-refractivity contribution >= 4 is 17.0 Å². The van der Waals surface area contributed by atoms with Crippen molar-refractivity contribution in [1.29, 1.82) is 0 Å². The minimum Gasteiger partial charge on any atom is -0.364 e. The number of rotatable bonds is 7. The maximum Gasteiger partial charge on any atom is 0.433 e. The average molecular weight is 520 g/mol. The van der Waals surface area contributed by atoms with E-state index in [0.29, 0.717) is 46.7 Å². The molecule has 5 aromatic rings. The molecule has 0 unspecified atom stereocenters. The van der Waals surface area contributed by atoms with Crippen LogP contribution < -0.4 is 5.32 Å². The van der Waals surface area contributed by atoms with Crippen LogP contribution in [-0.2, 0) is 19.1 Å². The first-order valence-electron chi connectivity index (χ1n) is 12.3. The highest BCUT2D eigenvalue weighted by Gasteiger charge is 2.36. The Labute approximate surface area is 215 Å². The highest BCUT2D eigenvalue weighted by molar-refractivity contribution is 5.85. The lowest BCUT2D eigenvalue weighted by atomic mass is 10.1. The quantitative estimate of drug-likeness (QED) is 0.297. The second-order valence-corrected chi connectivity index (χ2v) is 9.31. The molecule has 1 aliphatic rings. The molecule has 0 spiro atoms. The Bertz CT molecular complexity index is 1620. The standard InChI is InChI=1S/C26H24F3N9/c1-3-18-20(21(16-6-7-16)32-12-31-18)23-35-24(22-25(36-23)34-13-33-22)30-11-15-4-8-17(9-5-15)38-19(26(27,28)29)10-14(2)37-38/h4-5,8-10,12-13,16H,3,6-7,11H2,1-2H3,(H2,30,33,34,35,36). The van der Waals surface area contributed by atoms with Gasteiger partial charge in [0.25, 0.3) is 0 Å². The first-order chi connectivity index (χ1) is 18.3. The number of alkyl halides is 3. The van der Waals surface area contributed by atoms with Gasteiger partial charge in [0.2, 0.25) is 0 Å². The lowest BCUT2D eigenvalue weighted by molar-refractivity contribution is -0.142. The summed E-state index contributed by atoms with van der Waals surface area (Å²) in [5.74, 6) is 1.49. The van der Waals surface area contributed by atoms with Crippen molar-refractivity contribution in [1.82, 2.24) is 39.7 Å². The lowest BCUT2D eigenvalue weighted by Gasteiger charge is -2.13. The van der Waals surface area contributed by atoms with Gasteiger partial charge in [-0.15, -0.1) is 0 Å². The minimum atomic E-state index is -4.50. The van der Waals surface area contributed by atoms with Gasteiger partial charge >= 0.3 is 6.18 Å². The summed E-state index contributed by atoms with van der Waals surface area (Å²) in [6.07, 6.45) is 1.57. The normalized spacial score (nSPS) is 13.8. The largest absolute Gasteiger partial charge is 0.433 e. The molecule has 1 fully saturated rings. The van der Waals surface area contributed by atoms with Gasteiger partial charge in [-0.25, -0.2) is 29.6 Å². The van der Waals surface area contributed by atoms with Crippen molar-refractivity contribution in [2.75, 3.05) is 5.32 Å². The third kappa shape index (κ3) is 4.46. The van der Waals surface area contributed by atoms with E-state index >= 15 is 0 Å². The molecule has 1 aliphatic carbocycles. The van der Waals surface area contributed by atoms with Crippen LogP contribution in [0.15, 0.2) is 43.0 Å². The molecule has 1 saturated carbocycles. The fourth-order valence-corrected chi connectivity index (χ4v) is 4.53. The molecule has 9 nitrogen and oxygen atoms in total. The van der Waals surface area contributed by atoms with Gasteiger partial charge in [0.05, 0.1) is 34.7 Å². The van der Waals surface area contributed by atoms with Crippen LogP contribution in [0.2, 0.25) is 0 Å². The Balaban J connectivity index is 1.30. The summed E-state index contributed by atoms with van der Waals surface area (Å²) in [4.78, 5) is 26.0. The maximum atomic E-state index is 13.4. The Morgan fingerprint density at radius 3 is 2.58 bits per heavy atom. The number of hydrogen-bond acceptors (Lipinski definition) is 7. The molecule has 4 heterocycles. The van der Waals surface area contributed by atoms with E-state index in [4.69, 9.17) is 9.97 Å². The molecule has 0 amide bonds. The topological polar surface area (TPSA) is 110 Å². The van der Waals surface area contributed by atoms with Gasteiger partial charge in [0, 0.05) is 12.5 Å². The Morgan fingerprint density at radius 1 is 1.08 bits per heavy atom. The summed E-state index contributed by atoms with van der Waals surface area (Å²) in [6, 6.07) is 7.79. The number of benzene rings is 1. The number of nitrogens with zero attached hydrogens (tertiary/aromatic N) is 7. The number of aryl methyl sites for hydroxylation is 2. The zero-order valence-electron chi connectivity index (χ0n) is 20.7. The molecule has 6 rings (SSSR count). The van der Waals surface area contributed by atoms with Gasteiger partial charge in [0.1, 0.15) is 17.5 Å². The van der Waals surface area contributed by atoms with E-state index in [1.807, 2.05) is 6.92 Å². The van der Waals surface area contributed by atoms with E-state index in [2.05, 4.69) is 30.4 Å². The van der Waals surface area contributed by atoms with Crippen LogP contribution in [0.3, 0.4) is 0 Å². The molecule has 1 aromatic carbocycles. The van der Waals surface area contributed by atoms with Gasteiger partial charge < -0.3 is 10.3 Å². The van der Waals surface area contributed by atoms with Gasteiger partial charge in [-0.05, 0) is 49.9 Å². The van der Waals surface area contributed by atoms with Crippen molar-refractivity contribution in [3.05, 3.63) is 71.3 Å². The van der Waals surface area contributed by atoms with Crippen LogP contribution in [0, 0.1) is 6.92 Å². The van der Waals surface area contributed by atoms with Crippen LogP contribution in [0.4, 0.5) is 19.0 Å². The number of anilines is 1. The fraction of sp³-hybridized carbons (Fsp3) is 0.308. The smallest absolute Gasteiger partial charge is 0.364 e. The van der Waals surface area contributed by atoms with Crippen LogP contribution in [0.5, 0.6) is 0 Å². The molecular formula is C26H24F3N9. The summed E-state index contributed by atoms with van der Waals surface area (Å²) in [5, 5.41) is 7.35. The SMILES string of the molecule is CCc1ncnc(C2CC2)c1-c1nc(NCc2ccc(-n3nc(C)cc3C(F)(F)F)cc2)c2[nH]cnc2n1. The second-order valence-electron chi connectivity index (χ2n) is 9.31. The van der Waals surface area contributed by atoms with Gasteiger partial charge in [-0.1, -0.05) is 19.1 Å². The van der Waals surface area contributed by atoms with Gasteiger partial charge in [0.15, 0.2) is 17.3 Å². The third-order valence-corrected chi connectivity index (χ3v) is 6.53. The summed E-state index contributed by atoms with van der Waals surface area (Å²) in [7, 11) is 0. The molecular weight excluding hydrogens is 495 g/mol. The third-order valence-electron chi connectivity index (χ3n) is 6.53. The van der Waals surface area contributed by atoms with Crippen molar-refractivity contribution in [3.8, 4) is 17.1 Å². The van der Waals surface area contributed by atoms with Crippen molar-refractivity contribution in [3.63, 3.8) is 0 Å². The van der Waals surface area contributed by atoms with Crippen molar-refractivity contribution in [2.24, 2.45) is 0 Å². The molecule has 0 aliphatic heterocycles. The molecule has 194 valence electrons. The number of imidazole rings is 1. The highest BCUT2D eigenvalue weighted by Crippen LogP contribution is 2.43. The Hall–Kier alpha value is -4.35.